The molecular formula is C13H17BrN2O2. The van der Waals surface area contributed by atoms with Crippen LogP contribution in [0.1, 0.15) is 32.6 Å². The van der Waals surface area contributed by atoms with Crippen LogP contribution in [0.15, 0.2) is 22.7 Å². The van der Waals surface area contributed by atoms with Crippen molar-refractivity contribution in [1.82, 2.24) is 0 Å². The minimum Gasteiger partial charge on any atom is -0.377 e. The Morgan fingerprint density at radius 3 is 2.83 bits per heavy atom. The van der Waals surface area contributed by atoms with Crippen LogP contribution in [-0.4, -0.2) is 11.0 Å². The third-order valence-corrected chi connectivity index (χ3v) is 3.82. The highest BCUT2D eigenvalue weighted by Crippen LogP contribution is 2.36. The average Bonchev–Trinajstić information content (AvgIpc) is 3.14. The molecule has 1 aromatic rings. The van der Waals surface area contributed by atoms with Gasteiger partial charge in [-0.3, -0.25) is 10.1 Å². The van der Waals surface area contributed by atoms with E-state index in [2.05, 4.69) is 28.2 Å². The number of benzene rings is 1. The van der Waals surface area contributed by atoms with Crippen molar-refractivity contribution in [3.8, 4) is 0 Å². The molecule has 1 fully saturated rings. The van der Waals surface area contributed by atoms with Crippen LogP contribution in [0, 0.1) is 16.0 Å². The number of nitrogens with zero attached hydrogens (tertiary/aromatic N) is 1. The normalized spacial score (nSPS) is 16.3. The van der Waals surface area contributed by atoms with Gasteiger partial charge >= 0.3 is 0 Å². The summed E-state index contributed by atoms with van der Waals surface area (Å²) < 4.78 is 0.731. The first kappa shape index (κ1) is 13.3. The molecule has 1 saturated carbocycles. The number of nitro benzene ring substituents is 1. The number of hydrogen-bond donors (Lipinski definition) is 1. The number of rotatable bonds is 6. The van der Waals surface area contributed by atoms with Crippen LogP contribution >= 0.6 is 15.9 Å². The number of anilines is 1. The van der Waals surface area contributed by atoms with Gasteiger partial charge in [0.2, 0.25) is 0 Å². The predicted molar refractivity (Wildman–Crippen MR) is 75.8 cm³/mol. The van der Waals surface area contributed by atoms with Crippen molar-refractivity contribution < 1.29 is 4.92 Å². The monoisotopic (exact) mass is 312 g/mol. The van der Waals surface area contributed by atoms with E-state index in [1.807, 2.05) is 6.07 Å². The van der Waals surface area contributed by atoms with Crippen molar-refractivity contribution in [2.24, 2.45) is 5.92 Å². The molecule has 1 atom stereocenters. The Morgan fingerprint density at radius 1 is 1.56 bits per heavy atom. The van der Waals surface area contributed by atoms with Crippen LogP contribution in [0.25, 0.3) is 0 Å². The lowest BCUT2D eigenvalue weighted by atomic mass is 10.1. The van der Waals surface area contributed by atoms with Crippen molar-refractivity contribution in [3.63, 3.8) is 0 Å². The Balaban J connectivity index is 2.13. The first-order valence-corrected chi connectivity index (χ1v) is 7.10. The van der Waals surface area contributed by atoms with E-state index in [0.29, 0.717) is 11.7 Å². The van der Waals surface area contributed by atoms with E-state index in [1.54, 1.807) is 12.1 Å². The van der Waals surface area contributed by atoms with E-state index in [0.717, 1.165) is 23.2 Å². The van der Waals surface area contributed by atoms with Crippen LogP contribution in [0.3, 0.4) is 0 Å². The molecule has 0 heterocycles. The van der Waals surface area contributed by atoms with E-state index in [9.17, 15) is 10.1 Å². The molecule has 1 N–H and O–H groups in total. The molecule has 1 aliphatic carbocycles. The largest absolute Gasteiger partial charge is 0.377 e. The van der Waals surface area contributed by atoms with Crippen LogP contribution < -0.4 is 5.32 Å². The van der Waals surface area contributed by atoms with Gasteiger partial charge in [0, 0.05) is 16.6 Å². The smallest absolute Gasteiger partial charge is 0.293 e. The van der Waals surface area contributed by atoms with Crippen molar-refractivity contribution in [2.75, 3.05) is 5.32 Å². The maximum absolute atomic E-state index is 11.0. The average molecular weight is 313 g/mol. The molecule has 1 aromatic carbocycles. The van der Waals surface area contributed by atoms with Gasteiger partial charge in [0.25, 0.3) is 5.69 Å². The maximum Gasteiger partial charge on any atom is 0.293 e. The molecule has 4 nitrogen and oxygen atoms in total. The quantitative estimate of drug-likeness (QED) is 0.627. The molecule has 1 unspecified atom stereocenters. The van der Waals surface area contributed by atoms with E-state index in [4.69, 9.17) is 0 Å². The fraction of sp³-hybridized carbons (Fsp3) is 0.538. The zero-order valence-electron chi connectivity index (χ0n) is 10.4. The van der Waals surface area contributed by atoms with Gasteiger partial charge < -0.3 is 5.32 Å². The fourth-order valence-electron chi connectivity index (χ4n) is 2.08. The number of nitro groups is 1. The molecule has 0 spiro atoms. The van der Waals surface area contributed by atoms with Gasteiger partial charge in [-0.05, 0) is 30.9 Å². The second-order valence-electron chi connectivity index (χ2n) is 4.85. The highest BCUT2D eigenvalue weighted by molar-refractivity contribution is 9.10. The molecule has 2 rings (SSSR count). The summed E-state index contributed by atoms with van der Waals surface area (Å²) in [5, 5.41) is 14.3. The van der Waals surface area contributed by atoms with Crippen LogP contribution in [0.4, 0.5) is 11.4 Å². The molecule has 0 radical (unpaired) electrons. The molecule has 5 heteroatoms. The highest BCUT2D eigenvalue weighted by atomic mass is 79.9. The summed E-state index contributed by atoms with van der Waals surface area (Å²) in [5.74, 6) is 0.817. The molecule has 98 valence electrons. The van der Waals surface area contributed by atoms with Crippen LogP contribution in [0.2, 0.25) is 0 Å². The van der Waals surface area contributed by atoms with Crippen molar-refractivity contribution in [3.05, 3.63) is 32.8 Å². The second kappa shape index (κ2) is 5.69. The zero-order valence-corrected chi connectivity index (χ0v) is 11.9. The van der Waals surface area contributed by atoms with E-state index in [1.165, 1.54) is 12.8 Å². The maximum atomic E-state index is 11.0. The molecule has 0 saturated heterocycles. The lowest BCUT2D eigenvalue weighted by Gasteiger charge is -2.18. The molecule has 0 amide bonds. The Bertz CT molecular complexity index is 447. The highest BCUT2D eigenvalue weighted by Gasteiger charge is 2.26. The Kier molecular flexibility index (Phi) is 4.22. The Labute approximate surface area is 115 Å². The standard InChI is InChI=1S/C13H17BrN2O2/c1-2-11(7-9-3-4-9)15-12-6-5-10(14)8-13(12)16(17)18/h5-6,8-9,11,15H,2-4,7H2,1H3. The van der Waals surface area contributed by atoms with Gasteiger partial charge in [-0.25, -0.2) is 0 Å². The molecule has 1 aliphatic rings. The van der Waals surface area contributed by atoms with Crippen molar-refractivity contribution in [2.45, 2.75) is 38.6 Å². The Hall–Kier alpha value is -1.10. The molecule has 0 aromatic heterocycles. The van der Waals surface area contributed by atoms with Gasteiger partial charge in [-0.15, -0.1) is 0 Å². The van der Waals surface area contributed by atoms with Gasteiger partial charge in [0.15, 0.2) is 0 Å². The molecule has 0 aliphatic heterocycles. The minimum absolute atomic E-state index is 0.138. The van der Waals surface area contributed by atoms with E-state index < -0.39 is 0 Å². The summed E-state index contributed by atoms with van der Waals surface area (Å²) in [6, 6.07) is 5.49. The van der Waals surface area contributed by atoms with Crippen molar-refractivity contribution in [1.29, 1.82) is 0 Å². The second-order valence-corrected chi connectivity index (χ2v) is 5.76. The van der Waals surface area contributed by atoms with E-state index in [-0.39, 0.29) is 10.6 Å². The van der Waals surface area contributed by atoms with Gasteiger partial charge in [0.1, 0.15) is 5.69 Å². The molecule has 18 heavy (non-hydrogen) atoms. The third-order valence-electron chi connectivity index (χ3n) is 3.32. The van der Waals surface area contributed by atoms with Crippen LogP contribution in [-0.2, 0) is 0 Å². The Morgan fingerprint density at radius 2 is 2.28 bits per heavy atom. The first-order valence-electron chi connectivity index (χ1n) is 6.30. The summed E-state index contributed by atoms with van der Waals surface area (Å²) in [4.78, 5) is 10.7. The molecular weight excluding hydrogens is 296 g/mol. The lowest BCUT2D eigenvalue weighted by molar-refractivity contribution is -0.384. The van der Waals surface area contributed by atoms with Gasteiger partial charge in [-0.1, -0.05) is 35.7 Å². The summed E-state index contributed by atoms with van der Waals surface area (Å²) >= 11 is 3.27. The van der Waals surface area contributed by atoms with Gasteiger partial charge in [0.05, 0.1) is 4.92 Å². The predicted octanol–water partition coefficient (Wildman–Crippen LogP) is 4.35. The number of halogens is 1. The SMILES string of the molecule is CCC(CC1CC1)Nc1ccc(Br)cc1[N+](=O)[O-]. The summed E-state index contributed by atoms with van der Waals surface area (Å²) in [6.07, 6.45) is 4.72. The lowest BCUT2D eigenvalue weighted by Crippen LogP contribution is -2.19. The van der Waals surface area contributed by atoms with Crippen LogP contribution in [0.5, 0.6) is 0 Å². The fourth-order valence-corrected chi connectivity index (χ4v) is 2.43. The summed E-state index contributed by atoms with van der Waals surface area (Å²) in [6.45, 7) is 2.12. The van der Waals surface area contributed by atoms with E-state index >= 15 is 0 Å². The topological polar surface area (TPSA) is 55.2 Å². The minimum atomic E-state index is -0.336. The summed E-state index contributed by atoms with van der Waals surface area (Å²) in [5.41, 5.74) is 0.759. The molecule has 0 bridgehead atoms. The number of nitrogens with one attached hydrogen (secondary N) is 1. The summed E-state index contributed by atoms with van der Waals surface area (Å²) in [7, 11) is 0. The van der Waals surface area contributed by atoms with Gasteiger partial charge in [-0.2, -0.15) is 0 Å². The van der Waals surface area contributed by atoms with Crippen molar-refractivity contribution >= 4 is 27.3 Å². The zero-order chi connectivity index (χ0) is 13.1. The third kappa shape index (κ3) is 3.45. The first-order chi connectivity index (χ1) is 8.60. The number of hydrogen-bond acceptors (Lipinski definition) is 3.